The maximum Gasteiger partial charge on any atom is 0.323 e. The minimum absolute atomic E-state index is 0.112. The molecule has 6 nitrogen and oxygen atoms in total. The van der Waals surface area contributed by atoms with Crippen LogP contribution in [0.1, 0.15) is 24.9 Å². The lowest BCUT2D eigenvalue weighted by Crippen LogP contribution is -2.28. The first-order valence-corrected chi connectivity index (χ1v) is 9.66. The third-order valence-corrected chi connectivity index (χ3v) is 5.77. The highest BCUT2D eigenvalue weighted by Crippen LogP contribution is 2.23. The van der Waals surface area contributed by atoms with E-state index in [-0.39, 0.29) is 16.6 Å². The largest absolute Gasteiger partial charge is 0.323 e. The fourth-order valence-corrected chi connectivity index (χ4v) is 4.11. The smallest absolute Gasteiger partial charge is 0.306 e. The number of halogens is 1. The Labute approximate surface area is 147 Å². The van der Waals surface area contributed by atoms with Crippen molar-refractivity contribution in [3.05, 3.63) is 63.0 Å². The lowest BCUT2D eigenvalue weighted by Gasteiger charge is -2.17. The predicted octanol–water partition coefficient (Wildman–Crippen LogP) is 3.05. The minimum atomic E-state index is -3.71. The van der Waals surface area contributed by atoms with E-state index in [9.17, 15) is 13.2 Å². The van der Waals surface area contributed by atoms with Gasteiger partial charge < -0.3 is 9.97 Å². The summed E-state index contributed by atoms with van der Waals surface area (Å²) < 4.78 is 29.0. The number of aromatic amines is 2. The molecule has 0 aliphatic heterocycles. The number of benzene rings is 2. The molecule has 0 saturated heterocycles. The first kappa shape index (κ1) is 16.9. The highest BCUT2D eigenvalue weighted by atomic mass is 79.9. The molecule has 0 saturated carbocycles. The summed E-state index contributed by atoms with van der Waals surface area (Å²) in [5, 5.41) is 0. The summed E-state index contributed by atoms with van der Waals surface area (Å²) in [5.41, 5.74) is 1.55. The summed E-state index contributed by atoms with van der Waals surface area (Å²) in [6.07, 6.45) is 0.615. The zero-order valence-corrected chi connectivity index (χ0v) is 15.2. The first-order valence-electron chi connectivity index (χ1n) is 7.39. The van der Waals surface area contributed by atoms with Gasteiger partial charge in [0, 0.05) is 10.5 Å². The van der Waals surface area contributed by atoms with Crippen molar-refractivity contribution in [2.24, 2.45) is 0 Å². The van der Waals surface area contributed by atoms with Crippen LogP contribution in [0.2, 0.25) is 0 Å². The van der Waals surface area contributed by atoms with Gasteiger partial charge in [0.15, 0.2) is 0 Å². The zero-order valence-electron chi connectivity index (χ0n) is 12.8. The Morgan fingerprint density at radius 3 is 2.42 bits per heavy atom. The van der Waals surface area contributed by atoms with Crippen LogP contribution in [0.25, 0.3) is 11.0 Å². The average Bonchev–Trinajstić information content (AvgIpc) is 2.92. The number of rotatable bonds is 5. The number of sulfonamides is 1. The molecule has 0 radical (unpaired) electrons. The van der Waals surface area contributed by atoms with Crippen molar-refractivity contribution in [3.8, 4) is 0 Å². The van der Waals surface area contributed by atoms with E-state index < -0.39 is 10.0 Å². The van der Waals surface area contributed by atoms with E-state index in [0.717, 1.165) is 10.0 Å². The minimum Gasteiger partial charge on any atom is -0.306 e. The Bertz CT molecular complexity index is 1020. The second kappa shape index (κ2) is 6.54. The molecule has 24 heavy (non-hydrogen) atoms. The van der Waals surface area contributed by atoms with Gasteiger partial charge in [-0.3, -0.25) is 0 Å². The normalized spacial score (nSPS) is 13.2. The van der Waals surface area contributed by atoms with E-state index in [1.54, 1.807) is 6.07 Å². The Balaban J connectivity index is 1.92. The van der Waals surface area contributed by atoms with Crippen molar-refractivity contribution >= 4 is 37.0 Å². The van der Waals surface area contributed by atoms with Crippen molar-refractivity contribution in [2.75, 3.05) is 0 Å². The summed E-state index contributed by atoms with van der Waals surface area (Å²) in [7, 11) is -3.71. The summed E-state index contributed by atoms with van der Waals surface area (Å²) in [6.45, 7) is 1.92. The van der Waals surface area contributed by atoms with E-state index in [1.807, 2.05) is 31.2 Å². The summed E-state index contributed by atoms with van der Waals surface area (Å²) in [6, 6.07) is 11.7. The van der Waals surface area contributed by atoms with Gasteiger partial charge in [0.05, 0.1) is 15.9 Å². The van der Waals surface area contributed by atoms with Crippen molar-refractivity contribution in [1.29, 1.82) is 0 Å². The van der Waals surface area contributed by atoms with Crippen molar-refractivity contribution in [2.45, 2.75) is 24.3 Å². The standard InChI is InChI=1S/C16H16BrN3O3S/c1-2-13(10-3-5-11(17)6-4-10)20-24(22,23)12-7-8-14-15(9-12)19-16(21)18-14/h3-9,13,20H,2H2,1H3,(H2,18,19,21)/t13-/m1/s1. The van der Waals surface area contributed by atoms with E-state index in [4.69, 9.17) is 0 Å². The average molecular weight is 410 g/mol. The number of nitrogens with one attached hydrogen (secondary N) is 3. The molecule has 0 bridgehead atoms. The van der Waals surface area contributed by atoms with E-state index in [0.29, 0.717) is 17.5 Å². The topological polar surface area (TPSA) is 94.8 Å². The lowest BCUT2D eigenvalue weighted by atomic mass is 10.1. The summed E-state index contributed by atoms with van der Waals surface area (Å²) in [5.74, 6) is 0. The second-order valence-corrected chi connectivity index (χ2v) is 8.05. The molecule has 2 aromatic carbocycles. The van der Waals surface area contributed by atoms with Gasteiger partial charge in [-0.15, -0.1) is 0 Å². The monoisotopic (exact) mass is 409 g/mol. The molecule has 0 aliphatic carbocycles. The van der Waals surface area contributed by atoms with Gasteiger partial charge >= 0.3 is 5.69 Å². The van der Waals surface area contributed by atoms with Crippen LogP contribution >= 0.6 is 15.9 Å². The number of imidazole rings is 1. The Morgan fingerprint density at radius 1 is 1.08 bits per heavy atom. The van der Waals surface area contributed by atoms with Gasteiger partial charge in [-0.05, 0) is 42.3 Å². The predicted molar refractivity (Wildman–Crippen MR) is 96.4 cm³/mol. The number of hydrogen-bond acceptors (Lipinski definition) is 3. The maximum atomic E-state index is 12.7. The molecule has 3 rings (SSSR count). The number of H-pyrrole nitrogens is 2. The van der Waals surface area contributed by atoms with Crippen LogP contribution < -0.4 is 10.4 Å². The molecular formula is C16H16BrN3O3S. The fraction of sp³-hybridized carbons (Fsp3) is 0.188. The van der Waals surface area contributed by atoms with E-state index in [2.05, 4.69) is 30.6 Å². The van der Waals surface area contributed by atoms with Crippen LogP contribution in [0, 0.1) is 0 Å². The van der Waals surface area contributed by atoms with Crippen LogP contribution in [-0.2, 0) is 10.0 Å². The van der Waals surface area contributed by atoms with Gasteiger partial charge in [0.25, 0.3) is 0 Å². The van der Waals surface area contributed by atoms with Crippen LogP contribution in [-0.4, -0.2) is 18.4 Å². The highest BCUT2D eigenvalue weighted by molar-refractivity contribution is 9.10. The third-order valence-electron chi connectivity index (χ3n) is 3.78. The molecule has 3 aromatic rings. The van der Waals surface area contributed by atoms with Crippen molar-refractivity contribution < 1.29 is 8.42 Å². The summed E-state index contributed by atoms with van der Waals surface area (Å²) in [4.78, 5) is 16.6. The molecule has 0 amide bonds. The van der Waals surface area contributed by atoms with Gasteiger partial charge in [0.1, 0.15) is 0 Å². The van der Waals surface area contributed by atoms with E-state index in [1.165, 1.54) is 12.1 Å². The quantitative estimate of drug-likeness (QED) is 0.604. The zero-order chi connectivity index (χ0) is 17.3. The van der Waals surface area contributed by atoms with Crippen LogP contribution in [0.4, 0.5) is 0 Å². The Morgan fingerprint density at radius 2 is 1.75 bits per heavy atom. The third kappa shape index (κ3) is 3.45. The molecule has 0 unspecified atom stereocenters. The van der Waals surface area contributed by atoms with Crippen LogP contribution in [0.15, 0.2) is 56.6 Å². The molecular weight excluding hydrogens is 394 g/mol. The molecule has 0 aliphatic rings. The lowest BCUT2D eigenvalue weighted by molar-refractivity contribution is 0.550. The van der Waals surface area contributed by atoms with E-state index >= 15 is 0 Å². The second-order valence-electron chi connectivity index (χ2n) is 5.42. The Kier molecular flexibility index (Phi) is 4.62. The van der Waals surface area contributed by atoms with Crippen LogP contribution in [0.5, 0.6) is 0 Å². The molecule has 0 spiro atoms. The number of fused-ring (bicyclic) bond motifs is 1. The molecule has 0 fully saturated rings. The van der Waals surface area contributed by atoms with Gasteiger partial charge in [-0.1, -0.05) is 35.0 Å². The molecule has 3 N–H and O–H groups in total. The first-order chi connectivity index (χ1) is 11.4. The van der Waals surface area contributed by atoms with Gasteiger partial charge in [-0.2, -0.15) is 0 Å². The Hall–Kier alpha value is -1.90. The molecule has 126 valence electrons. The fourth-order valence-electron chi connectivity index (χ4n) is 2.52. The molecule has 1 atom stereocenters. The van der Waals surface area contributed by atoms with Crippen molar-refractivity contribution in [1.82, 2.24) is 14.7 Å². The molecule has 1 aromatic heterocycles. The summed E-state index contributed by atoms with van der Waals surface area (Å²) >= 11 is 3.37. The maximum absolute atomic E-state index is 12.7. The highest BCUT2D eigenvalue weighted by Gasteiger charge is 2.21. The number of hydrogen-bond donors (Lipinski definition) is 3. The number of aromatic nitrogens is 2. The van der Waals surface area contributed by atoms with Crippen LogP contribution in [0.3, 0.4) is 0 Å². The molecule has 1 heterocycles. The molecule has 8 heteroatoms. The SMILES string of the molecule is CC[C@@H](NS(=O)(=O)c1ccc2[nH]c(=O)[nH]c2c1)c1ccc(Br)cc1. The van der Waals surface area contributed by atoms with Crippen molar-refractivity contribution in [3.63, 3.8) is 0 Å². The van der Waals surface area contributed by atoms with Gasteiger partial charge in [0.2, 0.25) is 10.0 Å². The van der Waals surface area contributed by atoms with Gasteiger partial charge in [-0.25, -0.2) is 17.9 Å².